The molecule has 0 aromatic heterocycles. The molecule has 5 nitrogen and oxygen atoms in total. The van der Waals surface area contributed by atoms with Crippen molar-refractivity contribution in [2.75, 3.05) is 32.7 Å². The number of rotatable bonds is 3. The van der Waals surface area contributed by atoms with Gasteiger partial charge < -0.3 is 10.6 Å². The quantitative estimate of drug-likeness (QED) is 0.620. The lowest BCUT2D eigenvalue weighted by Gasteiger charge is -2.24. The van der Waals surface area contributed by atoms with Crippen molar-refractivity contribution in [1.29, 1.82) is 5.26 Å². The molecule has 2 aliphatic rings. The minimum Gasteiger partial charge on any atom is -0.342 e. The SMILES string of the molecule is N#CCNC(=O)CN1C[C@@H]2CCCN[C@@H]2C1. The van der Waals surface area contributed by atoms with E-state index in [1.807, 2.05) is 6.07 Å². The second-order valence-electron chi connectivity index (χ2n) is 4.59. The summed E-state index contributed by atoms with van der Waals surface area (Å²) in [4.78, 5) is 13.6. The first-order chi connectivity index (χ1) is 7.79. The molecule has 2 aliphatic heterocycles. The summed E-state index contributed by atoms with van der Waals surface area (Å²) in [5.74, 6) is 0.665. The fraction of sp³-hybridized carbons (Fsp3) is 0.818. The van der Waals surface area contributed by atoms with E-state index in [2.05, 4.69) is 15.5 Å². The molecule has 0 aromatic carbocycles. The molecule has 5 heteroatoms. The van der Waals surface area contributed by atoms with Crippen LogP contribution in [0.4, 0.5) is 0 Å². The smallest absolute Gasteiger partial charge is 0.235 e. The second-order valence-corrected chi connectivity index (χ2v) is 4.59. The van der Waals surface area contributed by atoms with Gasteiger partial charge in [-0.05, 0) is 25.3 Å². The Labute approximate surface area is 95.8 Å². The number of nitrogens with one attached hydrogen (secondary N) is 2. The standard InChI is InChI=1S/C11H18N4O/c12-3-5-14-11(16)8-15-6-9-2-1-4-13-10(9)7-15/h9-10,13H,1-2,4-8H2,(H,14,16)/t9-,10+/m0/s1. The zero-order valence-corrected chi connectivity index (χ0v) is 9.41. The summed E-state index contributed by atoms with van der Waals surface area (Å²) in [6.45, 7) is 3.62. The zero-order valence-electron chi connectivity index (χ0n) is 9.41. The average Bonchev–Trinajstić information content (AvgIpc) is 2.68. The monoisotopic (exact) mass is 222 g/mol. The Morgan fingerprint density at radius 2 is 2.44 bits per heavy atom. The van der Waals surface area contributed by atoms with Gasteiger partial charge in [-0.25, -0.2) is 0 Å². The summed E-state index contributed by atoms with van der Waals surface area (Å²) in [5.41, 5.74) is 0. The molecular weight excluding hydrogens is 204 g/mol. The van der Waals surface area contributed by atoms with Crippen molar-refractivity contribution >= 4 is 5.91 Å². The summed E-state index contributed by atoms with van der Waals surface area (Å²) in [6.07, 6.45) is 2.52. The molecule has 2 saturated heterocycles. The zero-order chi connectivity index (χ0) is 11.4. The molecule has 88 valence electrons. The van der Waals surface area contributed by atoms with Crippen LogP contribution in [0.3, 0.4) is 0 Å². The number of carbonyl (C=O) groups excluding carboxylic acids is 1. The van der Waals surface area contributed by atoms with Crippen molar-refractivity contribution in [3.05, 3.63) is 0 Å². The molecule has 0 saturated carbocycles. The van der Waals surface area contributed by atoms with Gasteiger partial charge in [0.2, 0.25) is 5.91 Å². The number of nitrogens with zero attached hydrogens (tertiary/aromatic N) is 2. The first-order valence-electron chi connectivity index (χ1n) is 5.89. The molecule has 1 amide bonds. The van der Waals surface area contributed by atoms with E-state index < -0.39 is 0 Å². The third kappa shape index (κ3) is 2.71. The molecule has 0 unspecified atom stereocenters. The Morgan fingerprint density at radius 3 is 3.19 bits per heavy atom. The molecule has 2 fully saturated rings. The number of carbonyl (C=O) groups is 1. The van der Waals surface area contributed by atoms with Crippen LogP contribution >= 0.6 is 0 Å². The minimum atomic E-state index is -0.0415. The molecular formula is C11H18N4O. The summed E-state index contributed by atoms with van der Waals surface area (Å²) in [6, 6.07) is 2.48. The molecule has 0 aromatic rings. The van der Waals surface area contributed by atoms with Gasteiger partial charge in [0.15, 0.2) is 0 Å². The molecule has 16 heavy (non-hydrogen) atoms. The van der Waals surface area contributed by atoms with Gasteiger partial charge in [0.05, 0.1) is 12.6 Å². The summed E-state index contributed by atoms with van der Waals surface area (Å²) in [7, 11) is 0. The lowest BCUT2D eigenvalue weighted by molar-refractivity contribution is -0.121. The van der Waals surface area contributed by atoms with E-state index in [1.54, 1.807) is 0 Å². The van der Waals surface area contributed by atoms with Gasteiger partial charge in [0.1, 0.15) is 6.54 Å². The number of amides is 1. The third-order valence-corrected chi connectivity index (χ3v) is 3.41. The number of piperidine rings is 1. The van der Waals surface area contributed by atoms with E-state index in [1.165, 1.54) is 12.8 Å². The van der Waals surface area contributed by atoms with Crippen LogP contribution in [0.25, 0.3) is 0 Å². The molecule has 2 N–H and O–H groups in total. The second kappa shape index (κ2) is 5.28. The Bertz CT molecular complexity index is 285. The summed E-state index contributed by atoms with van der Waals surface area (Å²) >= 11 is 0. The van der Waals surface area contributed by atoms with Gasteiger partial charge in [-0.1, -0.05) is 0 Å². The molecule has 0 aliphatic carbocycles. The van der Waals surface area contributed by atoms with Gasteiger partial charge in [0, 0.05) is 19.1 Å². The van der Waals surface area contributed by atoms with Gasteiger partial charge in [-0.2, -0.15) is 5.26 Å². The Hall–Kier alpha value is -1.12. The van der Waals surface area contributed by atoms with E-state index >= 15 is 0 Å². The number of nitriles is 1. The van der Waals surface area contributed by atoms with E-state index in [0.717, 1.165) is 19.6 Å². The van der Waals surface area contributed by atoms with Gasteiger partial charge >= 0.3 is 0 Å². The fourth-order valence-electron chi connectivity index (χ4n) is 2.66. The number of hydrogen-bond acceptors (Lipinski definition) is 4. The normalized spacial score (nSPS) is 29.4. The first kappa shape index (κ1) is 11.4. The fourth-order valence-corrected chi connectivity index (χ4v) is 2.66. The summed E-state index contributed by atoms with van der Waals surface area (Å²) < 4.78 is 0. The van der Waals surface area contributed by atoms with Crippen LogP contribution in [-0.4, -0.2) is 49.6 Å². The Kier molecular flexibility index (Phi) is 3.75. The lowest BCUT2D eigenvalue weighted by atomic mass is 9.94. The van der Waals surface area contributed by atoms with Crippen molar-refractivity contribution in [1.82, 2.24) is 15.5 Å². The van der Waals surface area contributed by atoms with Crippen molar-refractivity contribution in [2.45, 2.75) is 18.9 Å². The van der Waals surface area contributed by atoms with Crippen LogP contribution in [0.2, 0.25) is 0 Å². The van der Waals surface area contributed by atoms with Gasteiger partial charge in [0.25, 0.3) is 0 Å². The predicted molar refractivity (Wildman–Crippen MR) is 59.6 cm³/mol. The van der Waals surface area contributed by atoms with E-state index in [9.17, 15) is 4.79 Å². The van der Waals surface area contributed by atoms with Crippen molar-refractivity contribution < 1.29 is 4.79 Å². The molecule has 2 heterocycles. The highest BCUT2D eigenvalue weighted by molar-refractivity contribution is 5.78. The van der Waals surface area contributed by atoms with E-state index in [4.69, 9.17) is 5.26 Å². The van der Waals surface area contributed by atoms with Crippen molar-refractivity contribution in [3.8, 4) is 6.07 Å². The number of hydrogen-bond donors (Lipinski definition) is 2. The molecule has 0 bridgehead atoms. The highest BCUT2D eigenvalue weighted by Crippen LogP contribution is 2.24. The van der Waals surface area contributed by atoms with Crippen molar-refractivity contribution in [2.24, 2.45) is 5.92 Å². The van der Waals surface area contributed by atoms with Crippen LogP contribution < -0.4 is 10.6 Å². The number of likely N-dealkylation sites (tertiary alicyclic amines) is 1. The van der Waals surface area contributed by atoms with Crippen molar-refractivity contribution in [3.63, 3.8) is 0 Å². The highest BCUT2D eigenvalue weighted by atomic mass is 16.2. The minimum absolute atomic E-state index is 0.0415. The maximum absolute atomic E-state index is 11.4. The topological polar surface area (TPSA) is 68.2 Å². The molecule has 0 spiro atoms. The Morgan fingerprint density at radius 1 is 1.56 bits per heavy atom. The first-order valence-corrected chi connectivity index (χ1v) is 5.89. The largest absolute Gasteiger partial charge is 0.342 e. The maximum Gasteiger partial charge on any atom is 0.235 e. The van der Waals surface area contributed by atoms with E-state index in [-0.39, 0.29) is 12.5 Å². The van der Waals surface area contributed by atoms with Crippen LogP contribution in [0.15, 0.2) is 0 Å². The maximum atomic E-state index is 11.4. The third-order valence-electron chi connectivity index (χ3n) is 3.41. The van der Waals surface area contributed by atoms with Gasteiger partial charge in [-0.15, -0.1) is 0 Å². The van der Waals surface area contributed by atoms with E-state index in [0.29, 0.717) is 18.5 Å². The highest BCUT2D eigenvalue weighted by Gasteiger charge is 2.34. The summed E-state index contributed by atoms with van der Waals surface area (Å²) in [5, 5.41) is 14.4. The molecule has 2 rings (SSSR count). The van der Waals surface area contributed by atoms with Crippen LogP contribution in [0.1, 0.15) is 12.8 Å². The van der Waals surface area contributed by atoms with Crippen LogP contribution in [0, 0.1) is 17.2 Å². The Balaban J connectivity index is 1.75. The van der Waals surface area contributed by atoms with Crippen LogP contribution in [-0.2, 0) is 4.79 Å². The predicted octanol–water partition coefficient (Wildman–Crippen LogP) is -0.690. The number of fused-ring (bicyclic) bond motifs is 1. The lowest BCUT2D eigenvalue weighted by Crippen LogP contribution is -2.41. The average molecular weight is 222 g/mol. The molecule has 0 radical (unpaired) electrons. The van der Waals surface area contributed by atoms with Crippen LogP contribution in [0.5, 0.6) is 0 Å². The van der Waals surface area contributed by atoms with Gasteiger partial charge in [-0.3, -0.25) is 9.69 Å². The molecule has 2 atom stereocenters.